The summed E-state index contributed by atoms with van der Waals surface area (Å²) in [6, 6.07) is 8.87. The fourth-order valence-corrected chi connectivity index (χ4v) is 3.98. The summed E-state index contributed by atoms with van der Waals surface area (Å²) < 4.78 is 5.39. The van der Waals surface area contributed by atoms with Gasteiger partial charge in [-0.05, 0) is 37.6 Å². The predicted molar refractivity (Wildman–Crippen MR) is 121 cm³/mol. The number of ether oxygens (including phenoxy) is 1. The highest BCUT2D eigenvalue weighted by molar-refractivity contribution is 6.34. The molecule has 1 aromatic carbocycles. The largest absolute Gasteiger partial charge is 0.384 e. The molecule has 1 fully saturated rings. The topological polar surface area (TPSA) is 120 Å². The molecule has 4 rings (SSSR count). The van der Waals surface area contributed by atoms with Crippen LogP contribution in [0.25, 0.3) is 22.4 Å². The van der Waals surface area contributed by atoms with Gasteiger partial charge in [0.2, 0.25) is 5.95 Å². The number of rotatable bonds is 4. The van der Waals surface area contributed by atoms with Gasteiger partial charge in [0.05, 0.1) is 34.6 Å². The SMILES string of the molecule is Cc1nc(N)nc(-c2ccc(C(=O)N(C)C3CCOC3)c(Cl)c2)c1-c1ccc(N)nc1. The van der Waals surface area contributed by atoms with Gasteiger partial charge >= 0.3 is 0 Å². The summed E-state index contributed by atoms with van der Waals surface area (Å²) in [5, 5.41) is 0.337. The fourth-order valence-electron chi connectivity index (χ4n) is 3.72. The Morgan fingerprint density at radius 1 is 1.19 bits per heavy atom. The number of halogens is 1. The van der Waals surface area contributed by atoms with Crippen molar-refractivity contribution in [1.82, 2.24) is 19.9 Å². The minimum atomic E-state index is -0.145. The Hall–Kier alpha value is -3.23. The summed E-state index contributed by atoms with van der Waals surface area (Å²) in [6.07, 6.45) is 2.48. The Morgan fingerprint density at radius 2 is 1.97 bits per heavy atom. The van der Waals surface area contributed by atoms with E-state index in [0.29, 0.717) is 41.0 Å². The number of hydrogen-bond donors (Lipinski definition) is 2. The molecule has 3 aromatic rings. The van der Waals surface area contributed by atoms with Crippen LogP contribution in [0.3, 0.4) is 0 Å². The molecule has 1 aliphatic rings. The van der Waals surface area contributed by atoms with Crippen LogP contribution in [-0.2, 0) is 4.74 Å². The smallest absolute Gasteiger partial charge is 0.255 e. The summed E-state index contributed by atoms with van der Waals surface area (Å²) in [4.78, 5) is 27.6. The molecular formula is C22H23ClN6O2. The van der Waals surface area contributed by atoms with Gasteiger partial charge in [-0.1, -0.05) is 17.7 Å². The number of pyridine rings is 1. The zero-order valence-corrected chi connectivity index (χ0v) is 18.1. The zero-order chi connectivity index (χ0) is 22.1. The Balaban J connectivity index is 1.74. The van der Waals surface area contributed by atoms with Gasteiger partial charge in [-0.2, -0.15) is 0 Å². The number of amides is 1. The lowest BCUT2D eigenvalue weighted by molar-refractivity contribution is 0.0711. The monoisotopic (exact) mass is 438 g/mol. The molecule has 1 unspecified atom stereocenters. The number of aryl methyl sites for hydroxylation is 1. The van der Waals surface area contributed by atoms with Gasteiger partial charge in [0.15, 0.2) is 0 Å². The number of carbonyl (C=O) groups excluding carboxylic acids is 1. The van der Waals surface area contributed by atoms with E-state index in [9.17, 15) is 4.79 Å². The number of anilines is 2. The highest BCUT2D eigenvalue weighted by Crippen LogP contribution is 2.35. The second kappa shape index (κ2) is 8.49. The molecule has 0 aliphatic carbocycles. The lowest BCUT2D eigenvalue weighted by Gasteiger charge is -2.23. The molecule has 1 aliphatic heterocycles. The van der Waals surface area contributed by atoms with Crippen molar-refractivity contribution in [1.29, 1.82) is 0 Å². The van der Waals surface area contributed by atoms with Gasteiger partial charge in [0.25, 0.3) is 5.91 Å². The van der Waals surface area contributed by atoms with E-state index in [1.54, 1.807) is 36.3 Å². The Kier molecular flexibility index (Phi) is 5.75. The van der Waals surface area contributed by atoms with E-state index in [1.807, 2.05) is 19.1 Å². The maximum atomic E-state index is 12.9. The van der Waals surface area contributed by atoms with E-state index in [4.69, 9.17) is 27.8 Å². The van der Waals surface area contributed by atoms with Crippen molar-refractivity contribution in [2.24, 2.45) is 0 Å². The van der Waals surface area contributed by atoms with Crippen LogP contribution in [0.15, 0.2) is 36.5 Å². The molecule has 0 radical (unpaired) electrons. The molecule has 0 bridgehead atoms. The molecule has 3 heterocycles. The number of benzene rings is 1. The van der Waals surface area contributed by atoms with E-state index in [0.717, 1.165) is 23.1 Å². The van der Waals surface area contributed by atoms with Crippen LogP contribution in [0, 0.1) is 6.92 Å². The predicted octanol–water partition coefficient (Wildman–Crippen LogP) is 3.19. The molecular weight excluding hydrogens is 416 g/mol. The Bertz CT molecular complexity index is 1130. The first-order valence-electron chi connectivity index (χ1n) is 9.86. The van der Waals surface area contributed by atoms with Crippen molar-refractivity contribution in [3.8, 4) is 22.4 Å². The van der Waals surface area contributed by atoms with Crippen LogP contribution in [0.2, 0.25) is 5.02 Å². The average Bonchev–Trinajstić information content (AvgIpc) is 3.28. The summed E-state index contributed by atoms with van der Waals surface area (Å²) in [5.41, 5.74) is 15.7. The van der Waals surface area contributed by atoms with Crippen LogP contribution in [-0.4, -0.2) is 52.1 Å². The first-order chi connectivity index (χ1) is 14.8. The van der Waals surface area contributed by atoms with Gasteiger partial charge < -0.3 is 21.1 Å². The van der Waals surface area contributed by atoms with Crippen molar-refractivity contribution in [2.75, 3.05) is 31.7 Å². The molecule has 0 saturated carbocycles. The zero-order valence-electron chi connectivity index (χ0n) is 17.3. The third kappa shape index (κ3) is 4.17. The first kappa shape index (κ1) is 21.0. The number of nitrogens with two attached hydrogens (primary N) is 2. The van der Waals surface area contributed by atoms with Gasteiger partial charge in [-0.3, -0.25) is 4.79 Å². The van der Waals surface area contributed by atoms with E-state index in [-0.39, 0.29) is 17.9 Å². The maximum absolute atomic E-state index is 12.9. The Morgan fingerprint density at radius 3 is 2.61 bits per heavy atom. The van der Waals surface area contributed by atoms with E-state index in [1.165, 1.54) is 0 Å². The summed E-state index contributed by atoms with van der Waals surface area (Å²) >= 11 is 6.54. The summed E-state index contributed by atoms with van der Waals surface area (Å²) in [7, 11) is 1.77. The van der Waals surface area contributed by atoms with Crippen molar-refractivity contribution in [2.45, 2.75) is 19.4 Å². The van der Waals surface area contributed by atoms with Crippen molar-refractivity contribution < 1.29 is 9.53 Å². The van der Waals surface area contributed by atoms with Crippen molar-refractivity contribution in [3.05, 3.63) is 52.8 Å². The standard InChI is InChI=1S/C22H23ClN6O2/c1-12-19(14-4-6-18(24)26-10-14)20(28-22(25)27-12)13-3-5-16(17(23)9-13)21(30)29(2)15-7-8-31-11-15/h3-6,9-10,15H,7-8,11H2,1-2H3,(H2,24,26)(H2,25,27,28). The first-order valence-corrected chi connectivity index (χ1v) is 10.2. The van der Waals surface area contributed by atoms with Crippen molar-refractivity contribution in [3.63, 3.8) is 0 Å². The molecule has 1 amide bonds. The molecule has 160 valence electrons. The van der Waals surface area contributed by atoms with Crippen LogP contribution >= 0.6 is 11.6 Å². The number of nitrogen functional groups attached to an aromatic ring is 2. The number of aromatic nitrogens is 3. The van der Waals surface area contributed by atoms with Crippen LogP contribution < -0.4 is 11.5 Å². The molecule has 4 N–H and O–H groups in total. The van der Waals surface area contributed by atoms with E-state index < -0.39 is 0 Å². The third-order valence-corrected chi connectivity index (χ3v) is 5.74. The van der Waals surface area contributed by atoms with Crippen LogP contribution in [0.4, 0.5) is 11.8 Å². The van der Waals surface area contributed by atoms with E-state index >= 15 is 0 Å². The number of nitrogens with zero attached hydrogens (tertiary/aromatic N) is 4. The number of likely N-dealkylation sites (N-methyl/N-ethyl adjacent to an activating group) is 1. The molecule has 2 aromatic heterocycles. The number of carbonyl (C=O) groups is 1. The van der Waals surface area contributed by atoms with E-state index in [2.05, 4.69) is 15.0 Å². The lowest BCUT2D eigenvalue weighted by Crippen LogP contribution is -2.37. The number of hydrogen-bond acceptors (Lipinski definition) is 7. The lowest BCUT2D eigenvalue weighted by atomic mass is 9.98. The highest BCUT2D eigenvalue weighted by atomic mass is 35.5. The molecule has 1 atom stereocenters. The summed E-state index contributed by atoms with van der Waals surface area (Å²) in [5.74, 6) is 0.423. The Labute approximate surface area is 185 Å². The molecule has 8 nitrogen and oxygen atoms in total. The van der Waals surface area contributed by atoms with Gasteiger partial charge in [0, 0.05) is 36.5 Å². The van der Waals surface area contributed by atoms with Crippen LogP contribution in [0.1, 0.15) is 22.5 Å². The van der Waals surface area contributed by atoms with Crippen molar-refractivity contribution >= 4 is 29.3 Å². The van der Waals surface area contributed by atoms with Gasteiger partial charge in [0.1, 0.15) is 5.82 Å². The summed E-state index contributed by atoms with van der Waals surface area (Å²) in [6.45, 7) is 3.05. The minimum absolute atomic E-state index is 0.0529. The molecule has 31 heavy (non-hydrogen) atoms. The molecule has 0 spiro atoms. The maximum Gasteiger partial charge on any atom is 0.255 e. The fraction of sp³-hybridized carbons (Fsp3) is 0.273. The molecule has 1 saturated heterocycles. The van der Waals surface area contributed by atoms with Gasteiger partial charge in [-0.25, -0.2) is 15.0 Å². The average molecular weight is 439 g/mol. The third-order valence-electron chi connectivity index (χ3n) is 5.43. The quantitative estimate of drug-likeness (QED) is 0.641. The second-order valence-corrected chi connectivity index (χ2v) is 7.90. The van der Waals surface area contributed by atoms with Gasteiger partial charge in [-0.15, -0.1) is 0 Å². The normalized spacial score (nSPS) is 15.8. The second-order valence-electron chi connectivity index (χ2n) is 7.49. The molecule has 9 heteroatoms. The highest BCUT2D eigenvalue weighted by Gasteiger charge is 2.26. The minimum Gasteiger partial charge on any atom is -0.384 e. The van der Waals surface area contributed by atoms with Crippen LogP contribution in [0.5, 0.6) is 0 Å².